The highest BCUT2D eigenvalue weighted by atomic mass is 16.5. The Balaban J connectivity index is 2.79. The minimum absolute atomic E-state index is 0.000395. The summed E-state index contributed by atoms with van der Waals surface area (Å²) in [6.45, 7) is 8.77. The summed E-state index contributed by atoms with van der Waals surface area (Å²) in [5, 5.41) is 8.92. The largest absolute Gasteiger partial charge is 0.494 e. The second kappa shape index (κ2) is 7.59. The fourth-order valence-corrected chi connectivity index (χ4v) is 1.92. The quantitative estimate of drug-likeness (QED) is 0.733. The van der Waals surface area contributed by atoms with E-state index in [1.54, 1.807) is 6.08 Å². The van der Waals surface area contributed by atoms with Crippen molar-refractivity contribution in [1.29, 1.82) is 0 Å². The van der Waals surface area contributed by atoms with Gasteiger partial charge in [-0.2, -0.15) is 0 Å². The number of hydrogen-bond acceptors (Lipinski definition) is 3. The van der Waals surface area contributed by atoms with E-state index in [0.717, 1.165) is 11.3 Å². The molecule has 1 aromatic rings. The van der Waals surface area contributed by atoms with Gasteiger partial charge in [0.1, 0.15) is 5.75 Å². The fraction of sp³-hybridized carbons (Fsp3) is 0.400. The van der Waals surface area contributed by atoms with Gasteiger partial charge in [-0.25, -0.2) is 0 Å². The third kappa shape index (κ3) is 4.75. The van der Waals surface area contributed by atoms with Crippen LogP contribution in [0.2, 0.25) is 0 Å². The summed E-state index contributed by atoms with van der Waals surface area (Å²) in [6.07, 6.45) is 1.72. The maximum absolute atomic E-state index is 10.9. The summed E-state index contributed by atoms with van der Waals surface area (Å²) >= 11 is 0. The highest BCUT2D eigenvalue weighted by Crippen LogP contribution is 2.22. The number of ether oxygens (including phenoxy) is 1. The van der Waals surface area contributed by atoms with Gasteiger partial charge in [0.05, 0.1) is 13.2 Å². The molecule has 1 N–H and O–H groups in total. The van der Waals surface area contributed by atoms with Gasteiger partial charge in [0, 0.05) is 12.6 Å². The van der Waals surface area contributed by atoms with Crippen LogP contribution >= 0.6 is 0 Å². The van der Waals surface area contributed by atoms with Crippen LogP contribution in [-0.4, -0.2) is 35.7 Å². The number of carboxylic acid groups (broad SMARTS) is 1. The molecule has 0 bridgehead atoms. The molecular weight excluding hydrogens is 242 g/mol. The molecule has 1 rings (SSSR count). The van der Waals surface area contributed by atoms with E-state index < -0.39 is 5.97 Å². The van der Waals surface area contributed by atoms with E-state index in [4.69, 9.17) is 9.84 Å². The van der Waals surface area contributed by atoms with Crippen molar-refractivity contribution in [3.05, 3.63) is 42.5 Å². The molecule has 4 heteroatoms. The highest BCUT2D eigenvalue weighted by molar-refractivity contribution is 5.69. The first kappa shape index (κ1) is 15.2. The van der Waals surface area contributed by atoms with Crippen LogP contribution in [0.25, 0.3) is 0 Å². The lowest BCUT2D eigenvalue weighted by Crippen LogP contribution is -2.32. The van der Waals surface area contributed by atoms with Crippen LogP contribution in [0.3, 0.4) is 0 Å². The van der Waals surface area contributed by atoms with Gasteiger partial charge in [-0.05, 0) is 31.5 Å². The molecule has 0 heterocycles. The molecule has 0 aliphatic rings. The van der Waals surface area contributed by atoms with Gasteiger partial charge in [0.15, 0.2) is 0 Å². The maximum Gasteiger partial charge on any atom is 0.317 e. The molecule has 19 heavy (non-hydrogen) atoms. The van der Waals surface area contributed by atoms with E-state index in [9.17, 15) is 4.79 Å². The minimum atomic E-state index is -0.834. The first-order chi connectivity index (χ1) is 9.08. The Hall–Kier alpha value is -1.81. The number of rotatable bonds is 8. The van der Waals surface area contributed by atoms with Crippen LogP contribution in [0.4, 0.5) is 0 Å². The van der Waals surface area contributed by atoms with Crippen LogP contribution in [0.5, 0.6) is 5.75 Å². The Bertz CT molecular complexity index is 414. The molecule has 0 fully saturated rings. The standard InChI is InChI=1S/C15H21NO3/c1-4-10-16(11-15(17)18)12(3)13-6-8-14(9-7-13)19-5-2/h4,6-9,12H,1,5,10-11H2,2-3H3,(H,17,18). The second-order valence-corrected chi connectivity index (χ2v) is 4.29. The average Bonchev–Trinajstić information content (AvgIpc) is 2.38. The zero-order chi connectivity index (χ0) is 14.3. The molecule has 0 aliphatic heterocycles. The average molecular weight is 263 g/mol. The van der Waals surface area contributed by atoms with Crippen LogP contribution in [0.1, 0.15) is 25.5 Å². The van der Waals surface area contributed by atoms with Gasteiger partial charge in [0.25, 0.3) is 0 Å². The molecule has 0 saturated carbocycles. The van der Waals surface area contributed by atoms with Crippen molar-refractivity contribution in [1.82, 2.24) is 4.90 Å². The Morgan fingerprint density at radius 3 is 2.58 bits per heavy atom. The second-order valence-electron chi connectivity index (χ2n) is 4.29. The maximum atomic E-state index is 10.9. The van der Waals surface area contributed by atoms with E-state index in [0.29, 0.717) is 13.2 Å². The SMILES string of the molecule is C=CCN(CC(=O)O)C(C)c1ccc(OCC)cc1. The zero-order valence-electron chi connectivity index (χ0n) is 11.5. The molecule has 1 unspecified atom stereocenters. The summed E-state index contributed by atoms with van der Waals surface area (Å²) in [6, 6.07) is 7.76. The molecule has 104 valence electrons. The highest BCUT2D eigenvalue weighted by Gasteiger charge is 2.17. The summed E-state index contributed by atoms with van der Waals surface area (Å²) in [5.74, 6) is -0.00779. The third-order valence-corrected chi connectivity index (χ3v) is 2.92. The molecule has 0 radical (unpaired) electrons. The molecule has 0 aliphatic carbocycles. The lowest BCUT2D eigenvalue weighted by atomic mass is 10.1. The van der Waals surface area contributed by atoms with Crippen molar-refractivity contribution in [2.75, 3.05) is 19.7 Å². The zero-order valence-corrected chi connectivity index (χ0v) is 11.5. The van der Waals surface area contributed by atoms with E-state index in [2.05, 4.69) is 6.58 Å². The number of benzene rings is 1. The molecule has 4 nitrogen and oxygen atoms in total. The van der Waals surface area contributed by atoms with Crippen molar-refractivity contribution in [2.45, 2.75) is 19.9 Å². The summed E-state index contributed by atoms with van der Waals surface area (Å²) in [5.41, 5.74) is 1.06. The van der Waals surface area contributed by atoms with Crippen LogP contribution in [0, 0.1) is 0 Å². The molecule has 0 saturated heterocycles. The lowest BCUT2D eigenvalue weighted by molar-refractivity contribution is -0.138. The number of hydrogen-bond donors (Lipinski definition) is 1. The predicted octanol–water partition coefficient (Wildman–Crippen LogP) is 2.72. The summed E-state index contributed by atoms with van der Waals surface area (Å²) in [4.78, 5) is 12.7. The van der Waals surface area contributed by atoms with Crippen molar-refractivity contribution >= 4 is 5.97 Å². The van der Waals surface area contributed by atoms with Crippen LogP contribution in [-0.2, 0) is 4.79 Å². The molecular formula is C15H21NO3. The van der Waals surface area contributed by atoms with Gasteiger partial charge in [-0.1, -0.05) is 18.2 Å². The predicted molar refractivity (Wildman–Crippen MR) is 75.4 cm³/mol. The smallest absolute Gasteiger partial charge is 0.317 e. The minimum Gasteiger partial charge on any atom is -0.494 e. The Morgan fingerprint density at radius 2 is 2.11 bits per heavy atom. The fourth-order valence-electron chi connectivity index (χ4n) is 1.92. The van der Waals surface area contributed by atoms with E-state index in [1.165, 1.54) is 0 Å². The molecule has 1 atom stereocenters. The number of nitrogens with zero attached hydrogens (tertiary/aromatic N) is 1. The van der Waals surface area contributed by atoms with Gasteiger partial charge < -0.3 is 9.84 Å². The van der Waals surface area contributed by atoms with Gasteiger partial charge >= 0.3 is 5.97 Å². The van der Waals surface area contributed by atoms with Gasteiger partial charge in [-0.15, -0.1) is 6.58 Å². The molecule has 1 aromatic carbocycles. The van der Waals surface area contributed by atoms with E-state index >= 15 is 0 Å². The van der Waals surface area contributed by atoms with E-state index in [1.807, 2.05) is 43.0 Å². The van der Waals surface area contributed by atoms with Crippen LogP contribution in [0.15, 0.2) is 36.9 Å². The van der Waals surface area contributed by atoms with Crippen molar-refractivity contribution < 1.29 is 14.6 Å². The number of aliphatic carboxylic acids is 1. The number of carboxylic acids is 1. The molecule has 0 spiro atoms. The Labute approximate surface area is 114 Å². The monoisotopic (exact) mass is 263 g/mol. The normalized spacial score (nSPS) is 12.2. The Morgan fingerprint density at radius 1 is 1.47 bits per heavy atom. The lowest BCUT2D eigenvalue weighted by Gasteiger charge is -2.26. The van der Waals surface area contributed by atoms with Crippen LogP contribution < -0.4 is 4.74 Å². The van der Waals surface area contributed by atoms with Gasteiger partial charge in [-0.3, -0.25) is 9.69 Å². The van der Waals surface area contributed by atoms with Crippen molar-refractivity contribution in [3.8, 4) is 5.75 Å². The first-order valence-electron chi connectivity index (χ1n) is 6.38. The summed E-state index contributed by atoms with van der Waals surface area (Å²) < 4.78 is 5.39. The van der Waals surface area contributed by atoms with Gasteiger partial charge in [0.2, 0.25) is 0 Å². The summed E-state index contributed by atoms with van der Waals surface area (Å²) in [7, 11) is 0. The third-order valence-electron chi connectivity index (χ3n) is 2.92. The molecule has 0 aromatic heterocycles. The Kier molecular flexibility index (Phi) is 6.09. The van der Waals surface area contributed by atoms with Crippen molar-refractivity contribution in [3.63, 3.8) is 0 Å². The topological polar surface area (TPSA) is 49.8 Å². The number of carbonyl (C=O) groups is 1. The molecule has 0 amide bonds. The van der Waals surface area contributed by atoms with E-state index in [-0.39, 0.29) is 12.6 Å². The van der Waals surface area contributed by atoms with Crippen molar-refractivity contribution in [2.24, 2.45) is 0 Å². The first-order valence-corrected chi connectivity index (χ1v) is 6.38.